The maximum atomic E-state index is 5.74. The SMILES string of the molecule is CCCC(C)OCc1ccc(OC)c(Br)c1. The topological polar surface area (TPSA) is 18.5 Å². The van der Waals surface area contributed by atoms with E-state index in [0.717, 1.165) is 28.6 Å². The average Bonchev–Trinajstić information content (AvgIpc) is 2.27. The van der Waals surface area contributed by atoms with Gasteiger partial charge >= 0.3 is 0 Å². The molecule has 1 aromatic rings. The molecule has 1 rings (SSSR count). The summed E-state index contributed by atoms with van der Waals surface area (Å²) in [4.78, 5) is 0. The normalized spacial score (nSPS) is 12.5. The third kappa shape index (κ3) is 4.14. The van der Waals surface area contributed by atoms with Crippen LogP contribution in [0.3, 0.4) is 0 Å². The Hall–Kier alpha value is -0.540. The fourth-order valence-electron chi connectivity index (χ4n) is 1.53. The van der Waals surface area contributed by atoms with Crippen molar-refractivity contribution in [2.75, 3.05) is 7.11 Å². The highest BCUT2D eigenvalue weighted by molar-refractivity contribution is 9.10. The Labute approximate surface area is 106 Å². The molecule has 0 aliphatic heterocycles. The zero-order valence-corrected chi connectivity index (χ0v) is 11.7. The minimum atomic E-state index is 0.325. The molecule has 0 amide bonds. The fourth-order valence-corrected chi connectivity index (χ4v) is 2.12. The standard InChI is InChI=1S/C13H19BrO2/c1-4-5-10(2)16-9-11-6-7-13(15-3)12(14)8-11/h6-8,10H,4-5,9H2,1-3H3. The van der Waals surface area contributed by atoms with Crippen molar-refractivity contribution in [3.63, 3.8) is 0 Å². The van der Waals surface area contributed by atoms with E-state index in [1.54, 1.807) is 7.11 Å². The van der Waals surface area contributed by atoms with E-state index in [-0.39, 0.29) is 0 Å². The van der Waals surface area contributed by atoms with Gasteiger partial charge in [0.1, 0.15) is 5.75 Å². The van der Waals surface area contributed by atoms with Crippen molar-refractivity contribution < 1.29 is 9.47 Å². The number of benzene rings is 1. The molecule has 90 valence electrons. The van der Waals surface area contributed by atoms with E-state index in [1.807, 2.05) is 18.2 Å². The van der Waals surface area contributed by atoms with E-state index >= 15 is 0 Å². The lowest BCUT2D eigenvalue weighted by Gasteiger charge is -2.12. The van der Waals surface area contributed by atoms with E-state index in [2.05, 4.69) is 29.8 Å². The molecule has 0 saturated carbocycles. The molecule has 0 aromatic heterocycles. The molecule has 1 aromatic carbocycles. The Bertz CT molecular complexity index is 326. The smallest absolute Gasteiger partial charge is 0.133 e. The van der Waals surface area contributed by atoms with Crippen molar-refractivity contribution in [1.82, 2.24) is 0 Å². The van der Waals surface area contributed by atoms with Crippen LogP contribution in [-0.4, -0.2) is 13.2 Å². The van der Waals surface area contributed by atoms with Gasteiger partial charge in [-0.1, -0.05) is 19.4 Å². The van der Waals surface area contributed by atoms with Crippen LogP contribution in [0.15, 0.2) is 22.7 Å². The molecule has 0 radical (unpaired) electrons. The third-order valence-electron chi connectivity index (χ3n) is 2.45. The first-order valence-electron chi connectivity index (χ1n) is 5.61. The lowest BCUT2D eigenvalue weighted by molar-refractivity contribution is 0.0471. The van der Waals surface area contributed by atoms with Gasteiger partial charge in [-0.2, -0.15) is 0 Å². The Morgan fingerprint density at radius 3 is 2.69 bits per heavy atom. The van der Waals surface area contributed by atoms with E-state index < -0.39 is 0 Å². The number of halogens is 1. The number of hydrogen-bond acceptors (Lipinski definition) is 2. The molecule has 0 fully saturated rings. The minimum absolute atomic E-state index is 0.325. The van der Waals surface area contributed by atoms with Gasteiger partial charge in [0.15, 0.2) is 0 Å². The highest BCUT2D eigenvalue weighted by Crippen LogP contribution is 2.25. The number of hydrogen-bond donors (Lipinski definition) is 0. The van der Waals surface area contributed by atoms with E-state index in [9.17, 15) is 0 Å². The molecule has 2 nitrogen and oxygen atoms in total. The number of methoxy groups -OCH3 is 1. The van der Waals surface area contributed by atoms with Crippen LogP contribution in [0, 0.1) is 0 Å². The average molecular weight is 287 g/mol. The molecule has 0 aliphatic carbocycles. The van der Waals surface area contributed by atoms with Crippen LogP contribution in [0.25, 0.3) is 0 Å². The van der Waals surface area contributed by atoms with Crippen LogP contribution >= 0.6 is 15.9 Å². The van der Waals surface area contributed by atoms with Crippen LogP contribution in [0.4, 0.5) is 0 Å². The Kier molecular flexibility index (Phi) is 5.85. The van der Waals surface area contributed by atoms with Crippen molar-refractivity contribution >= 4 is 15.9 Å². The maximum Gasteiger partial charge on any atom is 0.133 e. The molecule has 16 heavy (non-hydrogen) atoms. The monoisotopic (exact) mass is 286 g/mol. The van der Waals surface area contributed by atoms with Crippen LogP contribution in [-0.2, 0) is 11.3 Å². The molecule has 0 saturated heterocycles. The van der Waals surface area contributed by atoms with Crippen LogP contribution in [0.2, 0.25) is 0 Å². The molecule has 0 heterocycles. The van der Waals surface area contributed by atoms with Crippen LogP contribution in [0.1, 0.15) is 32.3 Å². The molecular weight excluding hydrogens is 268 g/mol. The van der Waals surface area contributed by atoms with Crippen molar-refractivity contribution in [3.05, 3.63) is 28.2 Å². The first-order valence-corrected chi connectivity index (χ1v) is 6.40. The molecule has 0 N–H and O–H groups in total. The second-order valence-corrected chi connectivity index (χ2v) is 4.73. The quantitative estimate of drug-likeness (QED) is 0.782. The van der Waals surface area contributed by atoms with E-state index in [4.69, 9.17) is 9.47 Å². The summed E-state index contributed by atoms with van der Waals surface area (Å²) in [5.74, 6) is 0.852. The van der Waals surface area contributed by atoms with E-state index in [0.29, 0.717) is 12.7 Å². The zero-order valence-electron chi connectivity index (χ0n) is 10.1. The second kappa shape index (κ2) is 6.92. The molecule has 0 spiro atoms. The summed E-state index contributed by atoms with van der Waals surface area (Å²) >= 11 is 3.46. The molecular formula is C13H19BrO2. The fraction of sp³-hybridized carbons (Fsp3) is 0.538. The Balaban J connectivity index is 2.51. The molecule has 0 bridgehead atoms. The van der Waals surface area contributed by atoms with Gasteiger partial charge in [-0.15, -0.1) is 0 Å². The van der Waals surface area contributed by atoms with Crippen LogP contribution < -0.4 is 4.74 Å². The summed E-state index contributed by atoms with van der Waals surface area (Å²) in [7, 11) is 1.67. The summed E-state index contributed by atoms with van der Waals surface area (Å²) in [6, 6.07) is 6.02. The largest absolute Gasteiger partial charge is 0.496 e. The van der Waals surface area contributed by atoms with Crippen LogP contribution in [0.5, 0.6) is 5.75 Å². The van der Waals surface area contributed by atoms with Crippen molar-refractivity contribution in [2.45, 2.75) is 39.4 Å². The maximum absolute atomic E-state index is 5.74. The van der Waals surface area contributed by atoms with E-state index in [1.165, 1.54) is 0 Å². The highest BCUT2D eigenvalue weighted by Gasteiger charge is 2.04. The van der Waals surface area contributed by atoms with Crippen molar-refractivity contribution in [2.24, 2.45) is 0 Å². The third-order valence-corrected chi connectivity index (χ3v) is 3.07. The van der Waals surface area contributed by atoms with Gasteiger partial charge in [0.05, 0.1) is 24.3 Å². The molecule has 1 unspecified atom stereocenters. The number of rotatable bonds is 6. The van der Waals surface area contributed by atoms with Crippen molar-refractivity contribution in [3.8, 4) is 5.75 Å². The predicted octanol–water partition coefficient (Wildman–Crippen LogP) is 4.16. The minimum Gasteiger partial charge on any atom is -0.496 e. The summed E-state index contributed by atoms with van der Waals surface area (Å²) in [6.07, 6.45) is 2.59. The van der Waals surface area contributed by atoms with Gasteiger partial charge in [0.2, 0.25) is 0 Å². The lowest BCUT2D eigenvalue weighted by Crippen LogP contribution is -2.07. The molecule has 3 heteroatoms. The van der Waals surface area contributed by atoms with Crippen molar-refractivity contribution in [1.29, 1.82) is 0 Å². The first-order chi connectivity index (χ1) is 7.67. The van der Waals surface area contributed by atoms with Gasteiger partial charge < -0.3 is 9.47 Å². The Morgan fingerprint density at radius 1 is 1.38 bits per heavy atom. The zero-order chi connectivity index (χ0) is 12.0. The van der Waals surface area contributed by atoms with Gasteiger partial charge in [0, 0.05) is 0 Å². The molecule has 1 atom stereocenters. The van der Waals surface area contributed by atoms with Gasteiger partial charge in [0.25, 0.3) is 0 Å². The summed E-state index contributed by atoms with van der Waals surface area (Å²) in [6.45, 7) is 4.94. The molecule has 0 aliphatic rings. The number of ether oxygens (including phenoxy) is 2. The summed E-state index contributed by atoms with van der Waals surface area (Å²) in [5, 5.41) is 0. The predicted molar refractivity (Wildman–Crippen MR) is 69.9 cm³/mol. The summed E-state index contributed by atoms with van der Waals surface area (Å²) in [5.41, 5.74) is 1.16. The highest BCUT2D eigenvalue weighted by atomic mass is 79.9. The lowest BCUT2D eigenvalue weighted by atomic mass is 10.2. The Morgan fingerprint density at radius 2 is 2.12 bits per heavy atom. The second-order valence-electron chi connectivity index (χ2n) is 3.88. The summed E-state index contributed by atoms with van der Waals surface area (Å²) < 4.78 is 11.9. The van der Waals surface area contributed by atoms with Gasteiger partial charge in [-0.25, -0.2) is 0 Å². The van der Waals surface area contributed by atoms with Gasteiger partial charge in [-0.05, 0) is 47.0 Å². The van der Waals surface area contributed by atoms with Gasteiger partial charge in [-0.3, -0.25) is 0 Å². The first kappa shape index (κ1) is 13.5.